The van der Waals surface area contributed by atoms with Crippen LogP contribution in [0.4, 0.5) is 0 Å². The predicted octanol–water partition coefficient (Wildman–Crippen LogP) is 0.654. The summed E-state index contributed by atoms with van der Waals surface area (Å²) in [5, 5.41) is 8.89. The van der Waals surface area contributed by atoms with E-state index in [1.807, 2.05) is 6.07 Å². The van der Waals surface area contributed by atoms with Crippen LogP contribution in [0, 0.1) is 11.3 Å². The van der Waals surface area contributed by atoms with E-state index in [1.54, 1.807) is 12.1 Å². The number of carbonyl (C=O) groups excluding carboxylic acids is 2. The van der Waals surface area contributed by atoms with Crippen molar-refractivity contribution in [3.8, 4) is 6.07 Å². The van der Waals surface area contributed by atoms with Gasteiger partial charge in [0.05, 0.1) is 29.7 Å². The third kappa shape index (κ3) is 4.78. The molecule has 3 rings (SSSR count). The molecule has 9 nitrogen and oxygen atoms in total. The largest absolute Gasteiger partial charge is 0.379 e. The van der Waals surface area contributed by atoms with E-state index in [0.717, 1.165) is 0 Å². The van der Waals surface area contributed by atoms with Gasteiger partial charge in [0, 0.05) is 24.2 Å². The Bertz CT molecular complexity index is 1070. The number of ether oxygens (including phenoxy) is 1. The van der Waals surface area contributed by atoms with Gasteiger partial charge in [0.1, 0.15) is 0 Å². The van der Waals surface area contributed by atoms with Crippen molar-refractivity contribution < 1.29 is 22.7 Å². The first-order valence-electron chi connectivity index (χ1n) is 8.70. The fraction of sp³-hybridized carbons (Fsp3) is 0.211. The Morgan fingerprint density at radius 1 is 0.966 bits per heavy atom. The Kier molecular flexibility index (Phi) is 6.23. The van der Waals surface area contributed by atoms with Crippen LogP contribution < -0.4 is 10.9 Å². The maximum absolute atomic E-state index is 12.7. The van der Waals surface area contributed by atoms with Gasteiger partial charge in [0.2, 0.25) is 10.0 Å². The minimum Gasteiger partial charge on any atom is -0.379 e. The van der Waals surface area contributed by atoms with E-state index in [2.05, 4.69) is 10.9 Å². The van der Waals surface area contributed by atoms with E-state index >= 15 is 0 Å². The van der Waals surface area contributed by atoms with Crippen molar-refractivity contribution in [2.24, 2.45) is 0 Å². The molecule has 2 aromatic rings. The van der Waals surface area contributed by atoms with Gasteiger partial charge in [0.25, 0.3) is 11.8 Å². The summed E-state index contributed by atoms with van der Waals surface area (Å²) in [5.41, 5.74) is 5.08. The summed E-state index contributed by atoms with van der Waals surface area (Å²) in [6.45, 7) is 1.13. The molecule has 150 valence electrons. The second-order valence-electron chi connectivity index (χ2n) is 6.15. The van der Waals surface area contributed by atoms with Crippen molar-refractivity contribution in [3.05, 3.63) is 65.2 Å². The zero-order valence-corrected chi connectivity index (χ0v) is 16.1. The summed E-state index contributed by atoms with van der Waals surface area (Å²) in [5.74, 6) is -1.28. The number of carbonyl (C=O) groups is 2. The fourth-order valence-electron chi connectivity index (χ4n) is 2.72. The molecule has 1 aliphatic heterocycles. The smallest absolute Gasteiger partial charge is 0.269 e. The normalized spacial score (nSPS) is 14.6. The molecule has 2 N–H and O–H groups in total. The Labute approximate surface area is 167 Å². The van der Waals surface area contributed by atoms with E-state index in [-0.39, 0.29) is 29.1 Å². The Hall–Kier alpha value is -3.26. The average molecular weight is 414 g/mol. The molecule has 2 amide bonds. The van der Waals surface area contributed by atoms with Gasteiger partial charge < -0.3 is 4.74 Å². The highest BCUT2D eigenvalue weighted by molar-refractivity contribution is 7.89. The van der Waals surface area contributed by atoms with E-state index < -0.39 is 21.8 Å². The highest BCUT2D eigenvalue weighted by atomic mass is 32.2. The number of nitrogens with zero attached hydrogens (tertiary/aromatic N) is 2. The van der Waals surface area contributed by atoms with Gasteiger partial charge in [0.15, 0.2) is 0 Å². The number of rotatable bonds is 4. The van der Waals surface area contributed by atoms with E-state index in [9.17, 15) is 18.0 Å². The topological polar surface area (TPSA) is 129 Å². The summed E-state index contributed by atoms with van der Waals surface area (Å²) >= 11 is 0. The van der Waals surface area contributed by atoms with Gasteiger partial charge in [-0.2, -0.15) is 9.57 Å². The standard InChI is InChI=1S/C19H18N4O5S/c20-13-14-3-1-4-15(11-14)18(24)21-22-19(25)16-5-2-6-17(12-16)29(26,27)23-7-9-28-10-8-23/h1-6,11-12H,7-10H2,(H,21,24)(H,22,25). The van der Waals surface area contributed by atoms with Crippen LogP contribution in [-0.2, 0) is 14.8 Å². The van der Waals surface area contributed by atoms with Crippen molar-refractivity contribution in [1.29, 1.82) is 5.26 Å². The van der Waals surface area contributed by atoms with Crippen LogP contribution in [0.1, 0.15) is 26.3 Å². The molecule has 0 aromatic heterocycles. The average Bonchev–Trinajstić information content (AvgIpc) is 2.78. The summed E-state index contributed by atoms with van der Waals surface area (Å²) in [7, 11) is -3.74. The lowest BCUT2D eigenvalue weighted by molar-refractivity contribution is 0.0730. The molecule has 1 saturated heterocycles. The van der Waals surface area contributed by atoms with Crippen molar-refractivity contribution in [2.45, 2.75) is 4.90 Å². The molecule has 1 fully saturated rings. The van der Waals surface area contributed by atoms with Gasteiger partial charge >= 0.3 is 0 Å². The van der Waals surface area contributed by atoms with Gasteiger partial charge in [-0.05, 0) is 36.4 Å². The summed E-state index contributed by atoms with van der Waals surface area (Å²) in [4.78, 5) is 24.5. The first-order valence-corrected chi connectivity index (χ1v) is 10.1. The van der Waals surface area contributed by atoms with Crippen LogP contribution in [-0.4, -0.2) is 50.8 Å². The number of nitriles is 1. The van der Waals surface area contributed by atoms with Crippen LogP contribution in [0.2, 0.25) is 0 Å². The van der Waals surface area contributed by atoms with Gasteiger partial charge in [-0.15, -0.1) is 0 Å². The molecule has 0 radical (unpaired) electrons. The Balaban J connectivity index is 1.69. The van der Waals surface area contributed by atoms with Crippen LogP contribution >= 0.6 is 0 Å². The summed E-state index contributed by atoms with van der Waals surface area (Å²) < 4.78 is 31.9. The number of benzene rings is 2. The summed E-state index contributed by atoms with van der Waals surface area (Å²) in [6, 6.07) is 13.5. The number of hydrogen-bond donors (Lipinski definition) is 2. The number of amides is 2. The maximum atomic E-state index is 12.7. The molecule has 0 bridgehead atoms. The molecular weight excluding hydrogens is 396 g/mol. The van der Waals surface area contributed by atoms with Gasteiger partial charge in [-0.25, -0.2) is 8.42 Å². The van der Waals surface area contributed by atoms with Gasteiger partial charge in [-0.3, -0.25) is 20.4 Å². The third-order valence-corrected chi connectivity index (χ3v) is 6.14. The molecule has 2 aromatic carbocycles. The van der Waals surface area contributed by atoms with Crippen molar-refractivity contribution in [3.63, 3.8) is 0 Å². The van der Waals surface area contributed by atoms with E-state index in [4.69, 9.17) is 10.00 Å². The SMILES string of the molecule is N#Cc1cccc(C(=O)NNC(=O)c2cccc(S(=O)(=O)N3CCOCC3)c2)c1. The lowest BCUT2D eigenvalue weighted by Crippen LogP contribution is -2.42. The fourth-order valence-corrected chi connectivity index (χ4v) is 4.18. The third-order valence-electron chi connectivity index (χ3n) is 4.25. The van der Waals surface area contributed by atoms with E-state index in [0.29, 0.717) is 18.8 Å². The maximum Gasteiger partial charge on any atom is 0.269 e. The summed E-state index contributed by atoms with van der Waals surface area (Å²) in [6.07, 6.45) is 0. The molecule has 0 aliphatic carbocycles. The van der Waals surface area contributed by atoms with E-state index in [1.165, 1.54) is 40.7 Å². The molecule has 29 heavy (non-hydrogen) atoms. The molecule has 0 atom stereocenters. The number of morpholine rings is 1. The second-order valence-corrected chi connectivity index (χ2v) is 8.08. The van der Waals surface area contributed by atoms with Crippen molar-refractivity contribution in [2.75, 3.05) is 26.3 Å². The zero-order chi connectivity index (χ0) is 20.9. The molecule has 10 heteroatoms. The van der Waals surface area contributed by atoms with Gasteiger partial charge in [-0.1, -0.05) is 12.1 Å². The molecule has 1 heterocycles. The number of sulfonamides is 1. The highest BCUT2D eigenvalue weighted by Crippen LogP contribution is 2.18. The molecule has 1 aliphatic rings. The molecule has 0 spiro atoms. The predicted molar refractivity (Wildman–Crippen MR) is 102 cm³/mol. The first kappa shape index (κ1) is 20.5. The van der Waals surface area contributed by atoms with Crippen molar-refractivity contribution in [1.82, 2.24) is 15.2 Å². The van der Waals surface area contributed by atoms with Crippen molar-refractivity contribution >= 4 is 21.8 Å². The molecule has 0 saturated carbocycles. The second kappa shape index (κ2) is 8.83. The Morgan fingerprint density at radius 2 is 1.55 bits per heavy atom. The Morgan fingerprint density at radius 3 is 2.17 bits per heavy atom. The van der Waals surface area contributed by atoms with Crippen LogP contribution in [0.15, 0.2) is 53.4 Å². The highest BCUT2D eigenvalue weighted by Gasteiger charge is 2.26. The molecule has 0 unspecified atom stereocenters. The van der Waals surface area contributed by atoms with Crippen LogP contribution in [0.25, 0.3) is 0 Å². The quantitative estimate of drug-likeness (QED) is 0.707. The lowest BCUT2D eigenvalue weighted by Gasteiger charge is -2.26. The number of nitrogens with one attached hydrogen (secondary N) is 2. The number of hydrogen-bond acceptors (Lipinski definition) is 6. The lowest BCUT2D eigenvalue weighted by atomic mass is 10.1. The van der Waals surface area contributed by atoms with Crippen LogP contribution in [0.3, 0.4) is 0 Å². The number of hydrazine groups is 1. The zero-order valence-electron chi connectivity index (χ0n) is 15.3. The monoisotopic (exact) mass is 414 g/mol. The minimum atomic E-state index is -3.74. The van der Waals surface area contributed by atoms with Crippen LogP contribution in [0.5, 0.6) is 0 Å². The minimum absolute atomic E-state index is 0.0138. The first-order chi connectivity index (χ1) is 13.9. The molecular formula is C19H18N4O5S.